The molecule has 2 aromatic rings. The van der Waals surface area contributed by atoms with E-state index in [0.717, 1.165) is 27.9 Å². The van der Waals surface area contributed by atoms with Crippen LogP contribution in [0.1, 0.15) is 55.7 Å². The van der Waals surface area contributed by atoms with E-state index in [2.05, 4.69) is 18.2 Å². The zero-order valence-corrected chi connectivity index (χ0v) is 21.0. The van der Waals surface area contributed by atoms with Gasteiger partial charge in [0.15, 0.2) is 5.43 Å². The van der Waals surface area contributed by atoms with Gasteiger partial charge in [0.25, 0.3) is 11.6 Å². The van der Waals surface area contributed by atoms with Crippen LogP contribution >= 0.6 is 0 Å². The zero-order valence-electron chi connectivity index (χ0n) is 21.0. The number of non-ortho nitro benzene ring substituents is 1. The van der Waals surface area contributed by atoms with Gasteiger partial charge >= 0.3 is 0 Å². The SMILES string of the molecule is COc1oc(C2C/C(=C/C(C)=C/C(C)=C/C(C)=C/c3ccc([N+](=O)[O-])cc3)CO2)c(C)c(=O)c1C. The Hall–Kier alpha value is -3.71. The number of hydrogen-bond donors (Lipinski definition) is 0. The second-order valence-electron chi connectivity index (χ2n) is 8.86. The molecule has 0 amide bonds. The van der Waals surface area contributed by atoms with Gasteiger partial charge in [-0.25, -0.2) is 0 Å². The summed E-state index contributed by atoms with van der Waals surface area (Å²) in [6.07, 6.45) is 8.56. The Morgan fingerprint density at radius 2 is 1.71 bits per heavy atom. The number of nitro groups is 1. The van der Waals surface area contributed by atoms with Crippen LogP contribution in [0.5, 0.6) is 5.95 Å². The lowest BCUT2D eigenvalue weighted by Gasteiger charge is -2.13. The first-order chi connectivity index (χ1) is 16.6. The van der Waals surface area contributed by atoms with Gasteiger partial charge in [0.1, 0.15) is 11.9 Å². The number of nitrogens with zero attached hydrogens (tertiary/aromatic N) is 1. The lowest BCUT2D eigenvalue weighted by Crippen LogP contribution is -2.15. The molecule has 1 aromatic carbocycles. The summed E-state index contributed by atoms with van der Waals surface area (Å²) in [4.78, 5) is 22.9. The third-order valence-electron chi connectivity index (χ3n) is 5.80. The van der Waals surface area contributed by atoms with Gasteiger partial charge in [-0.3, -0.25) is 14.9 Å². The van der Waals surface area contributed by atoms with Gasteiger partial charge in [0.05, 0.1) is 24.2 Å². The molecule has 184 valence electrons. The number of ether oxygens (including phenoxy) is 2. The highest BCUT2D eigenvalue weighted by molar-refractivity contribution is 5.57. The fourth-order valence-corrected chi connectivity index (χ4v) is 4.19. The smallest absolute Gasteiger partial charge is 0.291 e. The van der Waals surface area contributed by atoms with E-state index < -0.39 is 4.92 Å². The zero-order chi connectivity index (χ0) is 25.7. The molecule has 3 rings (SSSR count). The molecule has 1 aliphatic heterocycles. The van der Waals surface area contributed by atoms with Gasteiger partial charge in [0.2, 0.25) is 0 Å². The number of methoxy groups -OCH3 is 1. The lowest BCUT2D eigenvalue weighted by atomic mass is 10.0. The molecule has 0 spiro atoms. The summed E-state index contributed by atoms with van der Waals surface area (Å²) in [6, 6.07) is 6.48. The van der Waals surface area contributed by atoms with E-state index >= 15 is 0 Å². The molecule has 35 heavy (non-hydrogen) atoms. The molecule has 1 unspecified atom stereocenters. The predicted octanol–water partition coefficient (Wildman–Crippen LogP) is 6.56. The fraction of sp³-hybridized carbons (Fsp3) is 0.321. The highest BCUT2D eigenvalue weighted by Crippen LogP contribution is 2.35. The van der Waals surface area contributed by atoms with Crippen molar-refractivity contribution in [2.45, 2.75) is 47.1 Å². The van der Waals surface area contributed by atoms with Crippen molar-refractivity contribution >= 4 is 11.8 Å². The largest absolute Gasteiger partial charge is 0.468 e. The van der Waals surface area contributed by atoms with Crippen molar-refractivity contribution in [2.24, 2.45) is 0 Å². The first kappa shape index (κ1) is 25.9. The Labute approximate surface area is 205 Å². The average molecular weight is 478 g/mol. The third kappa shape index (κ3) is 6.45. The molecular weight excluding hydrogens is 446 g/mol. The monoisotopic (exact) mass is 477 g/mol. The van der Waals surface area contributed by atoms with Crippen molar-refractivity contribution < 1.29 is 18.8 Å². The van der Waals surface area contributed by atoms with Crippen LogP contribution < -0.4 is 10.2 Å². The summed E-state index contributed by atoms with van der Waals surface area (Å²) in [5.74, 6) is 0.746. The summed E-state index contributed by atoms with van der Waals surface area (Å²) in [5.41, 5.74) is 6.23. The van der Waals surface area contributed by atoms with E-state index in [1.54, 1.807) is 26.0 Å². The highest BCUT2D eigenvalue weighted by atomic mass is 16.6. The number of allylic oxidation sites excluding steroid dienone is 6. The molecule has 0 bridgehead atoms. The molecular formula is C28H31NO6. The average Bonchev–Trinajstić information content (AvgIpc) is 3.25. The molecule has 7 heteroatoms. The maximum Gasteiger partial charge on any atom is 0.291 e. The van der Waals surface area contributed by atoms with Crippen molar-refractivity contribution in [3.8, 4) is 5.95 Å². The number of hydrogen-bond acceptors (Lipinski definition) is 6. The highest BCUT2D eigenvalue weighted by Gasteiger charge is 2.28. The second-order valence-corrected chi connectivity index (χ2v) is 8.86. The van der Waals surface area contributed by atoms with E-state index in [1.807, 2.05) is 26.8 Å². The van der Waals surface area contributed by atoms with E-state index in [4.69, 9.17) is 13.9 Å². The number of nitro benzene ring substituents is 1. The van der Waals surface area contributed by atoms with E-state index in [-0.39, 0.29) is 23.2 Å². The van der Waals surface area contributed by atoms with Crippen LogP contribution in [0.15, 0.2) is 74.0 Å². The Morgan fingerprint density at radius 3 is 2.34 bits per heavy atom. The molecule has 1 atom stereocenters. The van der Waals surface area contributed by atoms with Crippen molar-refractivity contribution in [1.29, 1.82) is 0 Å². The van der Waals surface area contributed by atoms with Gasteiger partial charge in [-0.2, -0.15) is 0 Å². The van der Waals surface area contributed by atoms with Gasteiger partial charge in [0, 0.05) is 24.1 Å². The quantitative estimate of drug-likeness (QED) is 0.255. The van der Waals surface area contributed by atoms with Crippen LogP contribution in [0.25, 0.3) is 6.08 Å². The first-order valence-corrected chi connectivity index (χ1v) is 11.4. The van der Waals surface area contributed by atoms with Crippen molar-refractivity contribution in [3.05, 3.63) is 108 Å². The van der Waals surface area contributed by atoms with Gasteiger partial charge in [-0.1, -0.05) is 41.0 Å². The Morgan fingerprint density at radius 1 is 1.06 bits per heavy atom. The molecule has 1 aromatic heterocycles. The minimum atomic E-state index is -0.404. The van der Waals surface area contributed by atoms with Crippen LogP contribution in [-0.4, -0.2) is 18.6 Å². The summed E-state index contributed by atoms with van der Waals surface area (Å²) >= 11 is 0. The molecule has 1 fully saturated rings. The van der Waals surface area contributed by atoms with E-state index in [1.165, 1.54) is 19.2 Å². The Balaban J connectivity index is 1.71. The predicted molar refractivity (Wildman–Crippen MR) is 137 cm³/mol. The molecule has 0 N–H and O–H groups in total. The molecule has 7 nitrogen and oxygen atoms in total. The summed E-state index contributed by atoms with van der Waals surface area (Å²) in [7, 11) is 1.48. The maximum absolute atomic E-state index is 12.5. The number of benzene rings is 1. The molecule has 0 radical (unpaired) electrons. The summed E-state index contributed by atoms with van der Waals surface area (Å²) < 4.78 is 17.0. The maximum atomic E-state index is 12.5. The van der Waals surface area contributed by atoms with Gasteiger partial charge < -0.3 is 13.9 Å². The van der Waals surface area contributed by atoms with E-state index in [9.17, 15) is 14.9 Å². The Bertz CT molecular complexity index is 1290. The summed E-state index contributed by atoms with van der Waals surface area (Å²) in [6.45, 7) is 9.97. The summed E-state index contributed by atoms with van der Waals surface area (Å²) in [5, 5.41) is 10.8. The van der Waals surface area contributed by atoms with Crippen molar-refractivity contribution in [2.75, 3.05) is 13.7 Å². The molecule has 1 saturated heterocycles. The van der Waals surface area contributed by atoms with Crippen molar-refractivity contribution in [3.63, 3.8) is 0 Å². The molecule has 2 heterocycles. The molecule has 1 aliphatic rings. The molecule has 0 aliphatic carbocycles. The minimum Gasteiger partial charge on any atom is -0.468 e. The van der Waals surface area contributed by atoms with Gasteiger partial charge in [-0.15, -0.1) is 0 Å². The van der Waals surface area contributed by atoms with Crippen LogP contribution in [0.2, 0.25) is 0 Å². The fourth-order valence-electron chi connectivity index (χ4n) is 4.19. The normalized spacial score (nSPS) is 18.3. The van der Waals surface area contributed by atoms with Gasteiger partial charge in [-0.05, 0) is 57.9 Å². The number of rotatable bonds is 7. The van der Waals surface area contributed by atoms with Crippen LogP contribution in [0, 0.1) is 24.0 Å². The standard InChI is InChI=1S/C28H31NO6/c1-17(11-18(2)13-22-7-9-24(10-8-22)29(31)32)12-19(3)14-23-15-25(34-16-23)27-20(4)26(30)21(5)28(33-6)35-27/h7-14,25H,15-16H2,1-6H3/b17-11+,18-13+,19-12+,23-14-. The van der Waals surface area contributed by atoms with E-state index in [0.29, 0.717) is 29.9 Å². The first-order valence-electron chi connectivity index (χ1n) is 11.4. The van der Waals surface area contributed by atoms with Crippen LogP contribution in [-0.2, 0) is 4.74 Å². The lowest BCUT2D eigenvalue weighted by molar-refractivity contribution is -0.384. The third-order valence-corrected chi connectivity index (χ3v) is 5.80. The Kier molecular flexibility index (Phi) is 8.25. The molecule has 0 saturated carbocycles. The second kappa shape index (κ2) is 11.1. The minimum absolute atomic E-state index is 0.0788. The van der Waals surface area contributed by atoms with Crippen LogP contribution in [0.3, 0.4) is 0 Å². The topological polar surface area (TPSA) is 91.8 Å². The van der Waals surface area contributed by atoms with Crippen LogP contribution in [0.4, 0.5) is 5.69 Å². The van der Waals surface area contributed by atoms with Crippen molar-refractivity contribution in [1.82, 2.24) is 0 Å².